The van der Waals surface area contributed by atoms with Crippen molar-refractivity contribution in [2.75, 3.05) is 5.75 Å². The lowest BCUT2D eigenvalue weighted by Crippen LogP contribution is -1.91. The number of hydrogen-bond acceptors (Lipinski definition) is 4. The number of hydrogen-bond donors (Lipinski definition) is 1. The minimum absolute atomic E-state index is 0.149. The first-order chi connectivity index (χ1) is 7.22. The molecule has 1 heterocycles. The second kappa shape index (κ2) is 3.90. The van der Waals surface area contributed by atoms with E-state index >= 15 is 0 Å². The number of aromatic nitrogens is 2. The quantitative estimate of drug-likeness (QED) is 0.493. The molecule has 0 aliphatic carbocycles. The molecule has 0 spiro atoms. The summed E-state index contributed by atoms with van der Waals surface area (Å²) < 4.78 is 0. The molecule has 1 aromatic heterocycles. The van der Waals surface area contributed by atoms with E-state index in [4.69, 9.17) is 0 Å². The molecule has 2 aromatic rings. The second-order valence-electron chi connectivity index (χ2n) is 2.97. The van der Waals surface area contributed by atoms with Gasteiger partial charge < -0.3 is 0 Å². The Hall–Kier alpha value is -1.56. The maximum atomic E-state index is 10.8. The lowest BCUT2D eigenvalue weighted by atomic mass is 10.2. The maximum absolute atomic E-state index is 10.8. The fraction of sp³-hybridized carbons (Fsp3) is 0.222. The van der Waals surface area contributed by atoms with Crippen LogP contribution in [0.25, 0.3) is 10.9 Å². The number of fused-ring (bicyclic) bond motifs is 1. The summed E-state index contributed by atoms with van der Waals surface area (Å²) >= 11 is 1.46. The van der Waals surface area contributed by atoms with E-state index in [0.717, 1.165) is 16.7 Å². The summed E-state index contributed by atoms with van der Waals surface area (Å²) in [6.45, 7) is 1.96. The second-order valence-corrected chi connectivity index (χ2v) is 4.27. The SMILES string of the molecule is CCSc1cc2[nH]ncc2cc1[N+](=O)[O-]. The highest BCUT2D eigenvalue weighted by atomic mass is 32.2. The number of nitro benzene ring substituents is 1. The normalized spacial score (nSPS) is 10.7. The standard InChI is InChI=1S/C9H9N3O2S/c1-2-15-9-4-7-6(5-10-11-7)3-8(9)12(13)14/h3-5H,2H2,1H3,(H,10,11). The Labute approximate surface area is 90.0 Å². The predicted molar refractivity (Wildman–Crippen MR) is 59.1 cm³/mol. The molecule has 0 radical (unpaired) electrons. The van der Waals surface area contributed by atoms with Crippen LogP contribution >= 0.6 is 11.8 Å². The molecule has 0 saturated heterocycles. The molecule has 1 N–H and O–H groups in total. The van der Waals surface area contributed by atoms with Crippen molar-refractivity contribution in [3.05, 3.63) is 28.4 Å². The third kappa shape index (κ3) is 1.80. The van der Waals surface area contributed by atoms with Crippen molar-refractivity contribution in [3.8, 4) is 0 Å². The smallest absolute Gasteiger partial charge is 0.278 e. The van der Waals surface area contributed by atoms with Crippen LogP contribution in [-0.4, -0.2) is 20.9 Å². The van der Waals surface area contributed by atoms with Crippen LogP contribution in [0.2, 0.25) is 0 Å². The van der Waals surface area contributed by atoms with Gasteiger partial charge in [0, 0.05) is 11.5 Å². The molecule has 15 heavy (non-hydrogen) atoms. The Kier molecular flexibility index (Phi) is 2.59. The molecule has 0 fully saturated rings. The van der Waals surface area contributed by atoms with Crippen LogP contribution in [0.5, 0.6) is 0 Å². The highest BCUT2D eigenvalue weighted by molar-refractivity contribution is 7.99. The summed E-state index contributed by atoms with van der Waals surface area (Å²) in [6, 6.07) is 3.32. The van der Waals surface area contributed by atoms with E-state index in [-0.39, 0.29) is 10.6 Å². The summed E-state index contributed by atoms with van der Waals surface area (Å²) in [5.41, 5.74) is 0.979. The Bertz CT molecular complexity index is 509. The van der Waals surface area contributed by atoms with E-state index in [0.29, 0.717) is 4.90 Å². The molecule has 0 aliphatic heterocycles. The van der Waals surface area contributed by atoms with Gasteiger partial charge >= 0.3 is 0 Å². The van der Waals surface area contributed by atoms with E-state index in [1.54, 1.807) is 18.3 Å². The minimum Gasteiger partial charge on any atom is -0.278 e. The van der Waals surface area contributed by atoms with Crippen molar-refractivity contribution in [2.24, 2.45) is 0 Å². The summed E-state index contributed by atoms with van der Waals surface area (Å²) in [5, 5.41) is 18.2. The first-order valence-electron chi connectivity index (χ1n) is 4.46. The van der Waals surface area contributed by atoms with Gasteiger partial charge in [0.1, 0.15) is 0 Å². The van der Waals surface area contributed by atoms with E-state index < -0.39 is 0 Å². The molecular formula is C9H9N3O2S. The van der Waals surface area contributed by atoms with Gasteiger partial charge in [-0.15, -0.1) is 11.8 Å². The van der Waals surface area contributed by atoms with Gasteiger partial charge in [-0.25, -0.2) is 0 Å². The Morgan fingerprint density at radius 2 is 2.40 bits per heavy atom. The molecule has 0 bridgehead atoms. The first kappa shape index (κ1) is 9.97. The average Bonchev–Trinajstić information content (AvgIpc) is 2.63. The molecular weight excluding hydrogens is 214 g/mol. The summed E-state index contributed by atoms with van der Waals surface area (Å²) in [7, 11) is 0. The largest absolute Gasteiger partial charge is 0.283 e. The Morgan fingerprint density at radius 3 is 3.07 bits per heavy atom. The molecule has 0 aliphatic rings. The zero-order valence-electron chi connectivity index (χ0n) is 8.06. The summed E-state index contributed by atoms with van der Waals surface area (Å²) in [6.07, 6.45) is 1.59. The number of H-pyrrole nitrogens is 1. The van der Waals surface area contributed by atoms with E-state index in [2.05, 4.69) is 10.2 Å². The van der Waals surface area contributed by atoms with E-state index in [9.17, 15) is 10.1 Å². The summed E-state index contributed by atoms with van der Waals surface area (Å²) in [5.74, 6) is 0.806. The lowest BCUT2D eigenvalue weighted by Gasteiger charge is -2.00. The van der Waals surface area contributed by atoms with Gasteiger partial charge in [-0.1, -0.05) is 6.92 Å². The fourth-order valence-electron chi connectivity index (χ4n) is 1.37. The molecule has 1 aromatic carbocycles. The van der Waals surface area contributed by atoms with Gasteiger partial charge in [-0.05, 0) is 11.8 Å². The van der Waals surface area contributed by atoms with Crippen molar-refractivity contribution in [2.45, 2.75) is 11.8 Å². The minimum atomic E-state index is -0.357. The third-order valence-corrected chi connectivity index (χ3v) is 2.94. The lowest BCUT2D eigenvalue weighted by molar-refractivity contribution is -0.387. The molecule has 0 saturated carbocycles. The average molecular weight is 223 g/mol. The number of nitrogens with zero attached hydrogens (tertiary/aromatic N) is 2. The fourth-order valence-corrected chi connectivity index (χ4v) is 2.17. The number of thioether (sulfide) groups is 1. The number of nitro groups is 1. The van der Waals surface area contributed by atoms with Crippen molar-refractivity contribution in [1.29, 1.82) is 0 Å². The number of aromatic amines is 1. The Morgan fingerprint density at radius 1 is 1.60 bits per heavy atom. The number of benzene rings is 1. The van der Waals surface area contributed by atoms with Crippen LogP contribution in [0, 0.1) is 10.1 Å². The van der Waals surface area contributed by atoms with Gasteiger partial charge in [0.05, 0.1) is 21.5 Å². The summed E-state index contributed by atoms with van der Waals surface area (Å²) in [4.78, 5) is 11.1. The van der Waals surface area contributed by atoms with Crippen LogP contribution in [0.3, 0.4) is 0 Å². The molecule has 2 rings (SSSR count). The van der Waals surface area contributed by atoms with E-state index in [1.807, 2.05) is 6.92 Å². The van der Waals surface area contributed by atoms with Crippen LogP contribution in [-0.2, 0) is 0 Å². The van der Waals surface area contributed by atoms with Crippen molar-refractivity contribution >= 4 is 28.4 Å². The van der Waals surface area contributed by atoms with Crippen LogP contribution in [0.1, 0.15) is 6.92 Å². The van der Waals surface area contributed by atoms with Crippen molar-refractivity contribution in [3.63, 3.8) is 0 Å². The van der Waals surface area contributed by atoms with Gasteiger partial charge in [0.2, 0.25) is 0 Å². The molecule has 0 amide bonds. The monoisotopic (exact) mass is 223 g/mol. The van der Waals surface area contributed by atoms with E-state index in [1.165, 1.54) is 11.8 Å². The van der Waals surface area contributed by atoms with Gasteiger partial charge in [-0.2, -0.15) is 5.10 Å². The van der Waals surface area contributed by atoms with Gasteiger partial charge in [0.15, 0.2) is 0 Å². The molecule has 0 unspecified atom stereocenters. The number of nitrogens with one attached hydrogen (secondary N) is 1. The highest BCUT2D eigenvalue weighted by Gasteiger charge is 2.15. The molecule has 5 nitrogen and oxygen atoms in total. The Balaban J connectivity index is 2.62. The van der Waals surface area contributed by atoms with Crippen LogP contribution in [0.15, 0.2) is 23.2 Å². The molecule has 78 valence electrons. The van der Waals surface area contributed by atoms with Crippen LogP contribution in [0.4, 0.5) is 5.69 Å². The van der Waals surface area contributed by atoms with Crippen LogP contribution < -0.4 is 0 Å². The number of rotatable bonds is 3. The zero-order valence-corrected chi connectivity index (χ0v) is 8.87. The van der Waals surface area contributed by atoms with Crippen molar-refractivity contribution in [1.82, 2.24) is 10.2 Å². The van der Waals surface area contributed by atoms with Crippen molar-refractivity contribution < 1.29 is 4.92 Å². The van der Waals surface area contributed by atoms with Gasteiger partial charge in [-0.3, -0.25) is 15.2 Å². The van der Waals surface area contributed by atoms with Gasteiger partial charge in [0.25, 0.3) is 5.69 Å². The molecule has 0 atom stereocenters. The first-order valence-corrected chi connectivity index (χ1v) is 5.45. The topological polar surface area (TPSA) is 71.8 Å². The third-order valence-electron chi connectivity index (χ3n) is 2.02. The highest BCUT2D eigenvalue weighted by Crippen LogP contribution is 2.32. The zero-order chi connectivity index (χ0) is 10.8. The maximum Gasteiger partial charge on any atom is 0.283 e. The molecule has 6 heteroatoms. The predicted octanol–water partition coefficient (Wildman–Crippen LogP) is 2.58.